The van der Waals surface area contributed by atoms with Crippen molar-refractivity contribution in [1.82, 2.24) is 0 Å². The van der Waals surface area contributed by atoms with Crippen molar-refractivity contribution >= 4 is 17.7 Å². The van der Waals surface area contributed by atoms with E-state index in [1.807, 2.05) is 13.8 Å². The number of ketones is 1. The van der Waals surface area contributed by atoms with Gasteiger partial charge in [0, 0.05) is 19.4 Å². The van der Waals surface area contributed by atoms with Crippen molar-refractivity contribution < 1.29 is 23.9 Å². The molecule has 0 amide bonds. The van der Waals surface area contributed by atoms with Crippen molar-refractivity contribution in [3.05, 3.63) is 23.8 Å². The Morgan fingerprint density at radius 1 is 1.25 bits per heavy atom. The fraction of sp³-hybridized carbons (Fsp3) is 0.696. The first-order valence-corrected chi connectivity index (χ1v) is 10.3. The average molecular weight is 391 g/mol. The highest BCUT2D eigenvalue weighted by molar-refractivity contribution is 5.86. The van der Waals surface area contributed by atoms with Crippen LogP contribution >= 0.6 is 0 Å². The van der Waals surface area contributed by atoms with Crippen LogP contribution in [0.4, 0.5) is 0 Å². The molecule has 2 aliphatic carbocycles. The van der Waals surface area contributed by atoms with Crippen molar-refractivity contribution in [2.24, 2.45) is 29.6 Å². The lowest BCUT2D eigenvalue weighted by Gasteiger charge is -2.44. The minimum absolute atomic E-state index is 0.0364. The topological polar surface area (TPSA) is 69.7 Å². The molecule has 2 rings (SSSR count). The minimum atomic E-state index is -0.455. The minimum Gasteiger partial charge on any atom is -0.462 e. The maximum Gasteiger partial charge on any atom is 0.331 e. The first-order valence-electron chi connectivity index (χ1n) is 10.3. The van der Waals surface area contributed by atoms with E-state index in [1.165, 1.54) is 13.0 Å². The number of hydrogen-bond donors (Lipinski definition) is 0. The van der Waals surface area contributed by atoms with Crippen molar-refractivity contribution in [3.63, 3.8) is 0 Å². The van der Waals surface area contributed by atoms with Crippen LogP contribution in [-0.4, -0.2) is 29.9 Å². The molecule has 6 atom stereocenters. The van der Waals surface area contributed by atoms with E-state index in [0.717, 1.165) is 17.6 Å². The van der Waals surface area contributed by atoms with Crippen LogP contribution in [0.3, 0.4) is 0 Å². The fourth-order valence-corrected chi connectivity index (χ4v) is 4.92. The molecule has 2 saturated carbocycles. The second kappa shape index (κ2) is 9.06. The summed E-state index contributed by atoms with van der Waals surface area (Å²) in [4.78, 5) is 36.6. The predicted molar refractivity (Wildman–Crippen MR) is 107 cm³/mol. The molecule has 0 N–H and O–H groups in total. The summed E-state index contributed by atoms with van der Waals surface area (Å²) in [5.41, 5.74) is 1.79. The molecule has 0 aromatic carbocycles. The van der Waals surface area contributed by atoms with Gasteiger partial charge in [0.25, 0.3) is 0 Å². The highest BCUT2D eigenvalue weighted by Gasteiger charge is 2.55. The lowest BCUT2D eigenvalue weighted by molar-refractivity contribution is -0.153. The fourth-order valence-electron chi connectivity index (χ4n) is 4.92. The molecule has 0 unspecified atom stereocenters. The van der Waals surface area contributed by atoms with E-state index in [0.29, 0.717) is 18.8 Å². The molecule has 0 saturated heterocycles. The molecule has 0 spiro atoms. The Labute approximate surface area is 168 Å². The van der Waals surface area contributed by atoms with Gasteiger partial charge in [0.15, 0.2) is 0 Å². The van der Waals surface area contributed by atoms with E-state index in [2.05, 4.69) is 20.4 Å². The quantitative estimate of drug-likeness (QED) is 0.385. The van der Waals surface area contributed by atoms with Gasteiger partial charge in [-0.3, -0.25) is 9.59 Å². The van der Waals surface area contributed by atoms with E-state index in [4.69, 9.17) is 9.47 Å². The van der Waals surface area contributed by atoms with Crippen molar-refractivity contribution in [2.45, 2.75) is 73.0 Å². The lowest BCUT2D eigenvalue weighted by atomic mass is 9.63. The first-order chi connectivity index (χ1) is 13.1. The summed E-state index contributed by atoms with van der Waals surface area (Å²) in [6, 6.07) is 0. The van der Waals surface area contributed by atoms with Gasteiger partial charge in [-0.25, -0.2) is 4.79 Å². The van der Waals surface area contributed by atoms with Crippen LogP contribution in [0.15, 0.2) is 23.8 Å². The maximum atomic E-state index is 12.8. The Balaban J connectivity index is 2.26. The van der Waals surface area contributed by atoms with Crippen LogP contribution in [0.25, 0.3) is 0 Å². The summed E-state index contributed by atoms with van der Waals surface area (Å²) < 4.78 is 11.1. The summed E-state index contributed by atoms with van der Waals surface area (Å²) in [6.45, 7) is 15.5. The summed E-state index contributed by atoms with van der Waals surface area (Å²) in [7, 11) is 0. The molecule has 2 fully saturated rings. The number of carbonyl (C=O) groups excluding carboxylic acids is 3. The zero-order valence-electron chi connectivity index (χ0n) is 18.0. The summed E-state index contributed by atoms with van der Waals surface area (Å²) in [5, 5.41) is 0. The van der Waals surface area contributed by atoms with Crippen LogP contribution in [0.2, 0.25) is 0 Å². The second-order valence-electron chi connectivity index (χ2n) is 8.68. The van der Waals surface area contributed by atoms with Crippen molar-refractivity contribution in [2.75, 3.05) is 0 Å². The van der Waals surface area contributed by atoms with Gasteiger partial charge in [-0.1, -0.05) is 32.9 Å². The molecule has 2 aliphatic rings. The third-order valence-electron chi connectivity index (χ3n) is 6.44. The monoisotopic (exact) mass is 390 g/mol. The van der Waals surface area contributed by atoms with Crippen LogP contribution in [0, 0.1) is 29.6 Å². The number of fused-ring (bicyclic) bond motifs is 1. The average Bonchev–Trinajstić information content (AvgIpc) is 2.93. The van der Waals surface area contributed by atoms with Gasteiger partial charge in [0.1, 0.15) is 18.0 Å². The standard InChI is InChI=1S/C23H34O5/c1-8-13(4)9-21(26)28-20-11-17(12(2)3)23-18(14(20)5)10-19(25)22(23)15(6)27-16(7)24/h9,12,15,17-18,20,22-23H,5,8,10-11H2,1-4,6-7H3/b13-9+/t15-,17+,18-,20-,22+,23+/m1/s1. The number of hydrogen-bond acceptors (Lipinski definition) is 5. The SMILES string of the molecule is C=C1[C@H]2CC(=O)[C@H]([C@@H](C)OC(C)=O)[C@H]2[C@H](C(C)C)C[C@H]1OC(=O)/C=C(\C)CC. The Hall–Kier alpha value is -1.91. The Kier molecular flexibility index (Phi) is 7.24. The molecular weight excluding hydrogens is 356 g/mol. The zero-order chi connectivity index (χ0) is 21.2. The van der Waals surface area contributed by atoms with Gasteiger partial charge in [0.2, 0.25) is 0 Å². The van der Waals surface area contributed by atoms with E-state index in [9.17, 15) is 14.4 Å². The summed E-state index contributed by atoms with van der Waals surface area (Å²) in [5.74, 6) is -0.388. The van der Waals surface area contributed by atoms with Gasteiger partial charge in [-0.2, -0.15) is 0 Å². The lowest BCUT2D eigenvalue weighted by Crippen LogP contribution is -2.44. The number of esters is 2. The van der Waals surface area contributed by atoms with Crippen LogP contribution < -0.4 is 0 Å². The normalized spacial score (nSPS) is 31.5. The first kappa shape index (κ1) is 22.4. The van der Waals surface area contributed by atoms with Gasteiger partial charge in [0.05, 0.1) is 5.92 Å². The molecule has 156 valence electrons. The van der Waals surface area contributed by atoms with Gasteiger partial charge in [-0.15, -0.1) is 0 Å². The third kappa shape index (κ3) is 4.73. The molecule has 0 aromatic heterocycles. The van der Waals surface area contributed by atoms with Crippen molar-refractivity contribution in [3.8, 4) is 0 Å². The number of rotatable bonds is 6. The van der Waals surface area contributed by atoms with E-state index in [1.54, 1.807) is 6.92 Å². The molecule has 0 heterocycles. The Morgan fingerprint density at radius 3 is 2.43 bits per heavy atom. The molecule has 0 aliphatic heterocycles. The number of ether oxygens (including phenoxy) is 2. The van der Waals surface area contributed by atoms with Gasteiger partial charge in [-0.05, 0) is 55.9 Å². The molecule has 5 nitrogen and oxygen atoms in total. The van der Waals surface area contributed by atoms with E-state index < -0.39 is 6.10 Å². The third-order valence-corrected chi connectivity index (χ3v) is 6.44. The largest absolute Gasteiger partial charge is 0.462 e. The second-order valence-corrected chi connectivity index (χ2v) is 8.68. The summed E-state index contributed by atoms with van der Waals surface area (Å²) in [6.07, 6.45) is 2.53. The molecule has 28 heavy (non-hydrogen) atoms. The zero-order valence-corrected chi connectivity index (χ0v) is 18.0. The van der Waals surface area contributed by atoms with Gasteiger partial charge < -0.3 is 9.47 Å². The smallest absolute Gasteiger partial charge is 0.331 e. The molecule has 0 bridgehead atoms. The maximum absolute atomic E-state index is 12.8. The number of carbonyl (C=O) groups is 3. The highest BCUT2D eigenvalue weighted by Crippen LogP contribution is 2.53. The number of Topliss-reactive ketones (excluding diaryl/α,β-unsaturated/α-hetero) is 1. The van der Waals surface area contributed by atoms with Crippen LogP contribution in [-0.2, 0) is 23.9 Å². The summed E-state index contributed by atoms with van der Waals surface area (Å²) >= 11 is 0. The molecule has 5 heteroatoms. The van der Waals surface area contributed by atoms with E-state index >= 15 is 0 Å². The molecular formula is C23H34O5. The predicted octanol–water partition coefficient (Wildman–Crippen LogP) is 4.26. The Bertz CT molecular complexity index is 674. The highest BCUT2D eigenvalue weighted by atomic mass is 16.5. The molecule has 0 radical (unpaired) electrons. The van der Waals surface area contributed by atoms with Crippen LogP contribution in [0.5, 0.6) is 0 Å². The van der Waals surface area contributed by atoms with E-state index in [-0.39, 0.29) is 47.5 Å². The van der Waals surface area contributed by atoms with Gasteiger partial charge >= 0.3 is 11.9 Å². The van der Waals surface area contributed by atoms with Crippen LogP contribution in [0.1, 0.15) is 60.8 Å². The number of allylic oxidation sites excluding steroid dienone is 1. The van der Waals surface area contributed by atoms with Crippen molar-refractivity contribution in [1.29, 1.82) is 0 Å². The Morgan fingerprint density at radius 2 is 1.89 bits per heavy atom. The molecule has 0 aromatic rings.